The fourth-order valence-electron chi connectivity index (χ4n) is 1.34. The maximum Gasteiger partial charge on any atom is 0.328 e. The van der Waals surface area contributed by atoms with Crippen molar-refractivity contribution >= 4 is 29.3 Å². The number of aliphatic carboxylic acids is 1. The Kier molecular flexibility index (Phi) is 4.90. The zero-order valence-electron chi connectivity index (χ0n) is 9.84. The van der Waals surface area contributed by atoms with E-state index in [1.165, 1.54) is 17.4 Å². The van der Waals surface area contributed by atoms with Gasteiger partial charge in [0.1, 0.15) is 0 Å². The van der Waals surface area contributed by atoms with Gasteiger partial charge in [-0.25, -0.2) is 4.79 Å². The minimum atomic E-state index is -0.991. The van der Waals surface area contributed by atoms with Crippen molar-refractivity contribution in [2.75, 3.05) is 13.6 Å². The highest BCUT2D eigenvalue weighted by atomic mass is 32.1. The molecule has 0 saturated heterocycles. The molecule has 92 valence electrons. The second-order valence-corrected chi connectivity index (χ2v) is 4.72. The van der Waals surface area contributed by atoms with E-state index in [1.807, 2.05) is 6.92 Å². The molecule has 0 atom stereocenters. The summed E-state index contributed by atoms with van der Waals surface area (Å²) in [6, 6.07) is 3.47. The molecule has 5 heteroatoms. The molecule has 1 heterocycles. The molecule has 0 radical (unpaired) electrons. The molecule has 17 heavy (non-hydrogen) atoms. The van der Waals surface area contributed by atoms with E-state index in [0.717, 1.165) is 23.9 Å². The van der Waals surface area contributed by atoms with Crippen LogP contribution < -0.4 is 0 Å². The predicted molar refractivity (Wildman–Crippen MR) is 68.2 cm³/mol. The average molecular weight is 253 g/mol. The lowest BCUT2D eigenvalue weighted by Crippen LogP contribution is -2.26. The van der Waals surface area contributed by atoms with Gasteiger partial charge < -0.3 is 10.0 Å². The number of carboxylic acid groups (broad SMARTS) is 1. The maximum atomic E-state index is 11.9. The molecule has 4 nitrogen and oxygen atoms in total. The van der Waals surface area contributed by atoms with Crippen molar-refractivity contribution in [3.8, 4) is 0 Å². The molecule has 0 aliphatic carbocycles. The lowest BCUT2D eigenvalue weighted by molar-refractivity contribution is -0.131. The van der Waals surface area contributed by atoms with Crippen LogP contribution in [-0.2, 0) is 4.79 Å². The van der Waals surface area contributed by atoms with E-state index in [1.54, 1.807) is 24.1 Å². The van der Waals surface area contributed by atoms with E-state index in [-0.39, 0.29) is 5.91 Å². The van der Waals surface area contributed by atoms with Crippen LogP contribution in [0.25, 0.3) is 6.08 Å². The van der Waals surface area contributed by atoms with Crippen molar-refractivity contribution in [3.63, 3.8) is 0 Å². The Morgan fingerprint density at radius 2 is 2.18 bits per heavy atom. The number of carbonyl (C=O) groups excluding carboxylic acids is 1. The zero-order chi connectivity index (χ0) is 12.8. The second-order valence-electron chi connectivity index (χ2n) is 3.60. The molecule has 0 aromatic carbocycles. The lowest BCUT2D eigenvalue weighted by Gasteiger charge is -2.14. The third-order valence-electron chi connectivity index (χ3n) is 2.13. The largest absolute Gasteiger partial charge is 0.478 e. The van der Waals surface area contributed by atoms with Crippen LogP contribution in [0.3, 0.4) is 0 Å². The second kappa shape index (κ2) is 6.20. The average Bonchev–Trinajstić information content (AvgIpc) is 2.74. The Balaban J connectivity index is 2.74. The molecule has 1 aromatic rings. The summed E-state index contributed by atoms with van der Waals surface area (Å²) >= 11 is 1.30. The molecule has 0 fully saturated rings. The fourth-order valence-corrected chi connectivity index (χ4v) is 2.24. The van der Waals surface area contributed by atoms with E-state index in [0.29, 0.717) is 4.88 Å². The Morgan fingerprint density at radius 1 is 1.47 bits per heavy atom. The Labute approximate surface area is 104 Å². The molecule has 0 aliphatic heterocycles. The van der Waals surface area contributed by atoms with Gasteiger partial charge in [-0.3, -0.25) is 4.79 Å². The summed E-state index contributed by atoms with van der Waals surface area (Å²) in [5.41, 5.74) is 0. The van der Waals surface area contributed by atoms with E-state index in [4.69, 9.17) is 5.11 Å². The van der Waals surface area contributed by atoms with Gasteiger partial charge in [0.2, 0.25) is 0 Å². The summed E-state index contributed by atoms with van der Waals surface area (Å²) in [6.07, 6.45) is 3.47. The van der Waals surface area contributed by atoms with Gasteiger partial charge in [-0.2, -0.15) is 0 Å². The van der Waals surface area contributed by atoms with Crippen LogP contribution in [0, 0.1) is 0 Å². The highest BCUT2D eigenvalue weighted by molar-refractivity contribution is 7.14. The van der Waals surface area contributed by atoms with Crippen molar-refractivity contribution in [2.24, 2.45) is 0 Å². The first-order valence-corrected chi connectivity index (χ1v) is 6.12. The lowest BCUT2D eigenvalue weighted by atomic mass is 10.3. The Hall–Kier alpha value is -1.62. The van der Waals surface area contributed by atoms with Crippen molar-refractivity contribution in [2.45, 2.75) is 13.3 Å². The molecule has 1 amide bonds. The highest BCUT2D eigenvalue weighted by Crippen LogP contribution is 2.19. The van der Waals surface area contributed by atoms with Crippen LogP contribution >= 0.6 is 11.3 Å². The molecular formula is C12H15NO3S. The number of rotatable bonds is 5. The van der Waals surface area contributed by atoms with Crippen LogP contribution in [0.2, 0.25) is 0 Å². The fraction of sp³-hybridized carbons (Fsp3) is 0.333. The molecule has 0 saturated carbocycles. The molecule has 0 bridgehead atoms. The van der Waals surface area contributed by atoms with Crippen molar-refractivity contribution in [1.29, 1.82) is 0 Å². The van der Waals surface area contributed by atoms with Gasteiger partial charge in [0.25, 0.3) is 5.91 Å². The van der Waals surface area contributed by atoms with Crippen LogP contribution in [0.4, 0.5) is 0 Å². The first-order chi connectivity index (χ1) is 8.04. The van der Waals surface area contributed by atoms with Gasteiger partial charge in [0.05, 0.1) is 4.88 Å². The van der Waals surface area contributed by atoms with Crippen LogP contribution in [-0.4, -0.2) is 35.5 Å². The Morgan fingerprint density at radius 3 is 2.76 bits per heavy atom. The molecule has 0 spiro atoms. The normalized spacial score (nSPS) is 10.7. The van der Waals surface area contributed by atoms with Crippen LogP contribution in [0.1, 0.15) is 27.9 Å². The topological polar surface area (TPSA) is 57.6 Å². The molecule has 1 rings (SSSR count). The van der Waals surface area contributed by atoms with Gasteiger partial charge in [0, 0.05) is 24.5 Å². The molecule has 1 N–H and O–H groups in total. The van der Waals surface area contributed by atoms with Gasteiger partial charge >= 0.3 is 5.97 Å². The van der Waals surface area contributed by atoms with Crippen LogP contribution in [0.5, 0.6) is 0 Å². The molecular weight excluding hydrogens is 238 g/mol. The summed E-state index contributed by atoms with van der Waals surface area (Å²) in [4.78, 5) is 25.3. The zero-order valence-corrected chi connectivity index (χ0v) is 10.7. The van der Waals surface area contributed by atoms with Crippen LogP contribution in [0.15, 0.2) is 18.2 Å². The molecule has 0 unspecified atom stereocenters. The van der Waals surface area contributed by atoms with Crippen molar-refractivity contribution in [3.05, 3.63) is 28.0 Å². The van der Waals surface area contributed by atoms with Crippen molar-refractivity contribution in [1.82, 2.24) is 4.90 Å². The standard InChI is InChI=1S/C12H15NO3S/c1-3-8-13(2)12(16)10-6-4-9(17-10)5-7-11(14)15/h4-7H,3,8H2,1-2H3,(H,14,15)/b7-5+. The summed E-state index contributed by atoms with van der Waals surface area (Å²) < 4.78 is 0. The van der Waals surface area contributed by atoms with E-state index < -0.39 is 5.97 Å². The minimum absolute atomic E-state index is 0.0215. The Bertz CT molecular complexity index is 437. The number of carboxylic acids is 1. The highest BCUT2D eigenvalue weighted by Gasteiger charge is 2.12. The predicted octanol–water partition coefficient (Wildman–Crippen LogP) is 2.33. The summed E-state index contributed by atoms with van der Waals surface area (Å²) in [7, 11) is 1.76. The summed E-state index contributed by atoms with van der Waals surface area (Å²) in [5.74, 6) is -1.01. The number of nitrogens with zero attached hydrogens (tertiary/aromatic N) is 1. The molecule has 1 aromatic heterocycles. The van der Waals surface area contributed by atoms with Gasteiger partial charge in [-0.15, -0.1) is 11.3 Å². The number of thiophene rings is 1. The number of amides is 1. The summed E-state index contributed by atoms with van der Waals surface area (Å²) in [6.45, 7) is 2.73. The maximum absolute atomic E-state index is 11.9. The monoisotopic (exact) mass is 253 g/mol. The smallest absolute Gasteiger partial charge is 0.328 e. The van der Waals surface area contributed by atoms with Gasteiger partial charge in [-0.1, -0.05) is 6.92 Å². The quantitative estimate of drug-likeness (QED) is 0.819. The van der Waals surface area contributed by atoms with Gasteiger partial charge in [0.15, 0.2) is 0 Å². The number of hydrogen-bond donors (Lipinski definition) is 1. The first kappa shape index (κ1) is 13.4. The summed E-state index contributed by atoms with van der Waals surface area (Å²) in [5, 5.41) is 8.49. The van der Waals surface area contributed by atoms with E-state index >= 15 is 0 Å². The molecule has 0 aliphatic rings. The van der Waals surface area contributed by atoms with Gasteiger partial charge in [-0.05, 0) is 24.6 Å². The third kappa shape index (κ3) is 4.03. The number of hydrogen-bond acceptors (Lipinski definition) is 3. The SMILES string of the molecule is CCCN(C)C(=O)c1ccc(/C=C/C(=O)O)s1. The first-order valence-electron chi connectivity index (χ1n) is 5.31. The third-order valence-corrected chi connectivity index (χ3v) is 3.17. The van der Waals surface area contributed by atoms with Crippen molar-refractivity contribution < 1.29 is 14.7 Å². The van der Waals surface area contributed by atoms with E-state index in [2.05, 4.69) is 0 Å². The van der Waals surface area contributed by atoms with E-state index in [9.17, 15) is 9.59 Å². The number of carbonyl (C=O) groups is 2. The minimum Gasteiger partial charge on any atom is -0.478 e.